The van der Waals surface area contributed by atoms with Crippen molar-refractivity contribution in [3.05, 3.63) is 63.9 Å². The first-order chi connectivity index (χ1) is 18.7. The Labute approximate surface area is 243 Å². The molecular weight excluding hydrogens is 533 g/mol. The number of quaternary nitrogens is 1. The predicted molar refractivity (Wildman–Crippen MR) is 157 cm³/mol. The van der Waals surface area contributed by atoms with E-state index in [-0.39, 0.29) is 17.7 Å². The topological polar surface area (TPSA) is 65.5 Å². The van der Waals surface area contributed by atoms with E-state index in [0.29, 0.717) is 22.2 Å². The molecule has 3 heterocycles. The third-order valence-electron chi connectivity index (χ3n) is 8.90. The lowest BCUT2D eigenvalue weighted by atomic mass is 9.79. The van der Waals surface area contributed by atoms with E-state index >= 15 is 0 Å². The number of hydrogen-bond donors (Lipinski definition) is 1. The molecule has 1 aromatic carbocycles. The van der Waals surface area contributed by atoms with Crippen LogP contribution in [0.1, 0.15) is 60.4 Å². The number of likely N-dealkylation sites (N-methyl/N-ethyl adjacent to an activating group) is 2. The zero-order valence-electron chi connectivity index (χ0n) is 23.5. The van der Waals surface area contributed by atoms with Gasteiger partial charge in [0.25, 0.3) is 11.8 Å². The van der Waals surface area contributed by atoms with Gasteiger partial charge in [-0.15, -0.1) is 0 Å². The van der Waals surface area contributed by atoms with Crippen molar-refractivity contribution in [3.8, 4) is 0 Å². The van der Waals surface area contributed by atoms with Gasteiger partial charge in [-0.05, 0) is 49.1 Å². The van der Waals surface area contributed by atoms with E-state index in [4.69, 9.17) is 23.2 Å². The molecule has 7 nitrogen and oxygen atoms in total. The molecule has 0 saturated carbocycles. The van der Waals surface area contributed by atoms with Gasteiger partial charge in [0.15, 0.2) is 5.54 Å². The summed E-state index contributed by atoms with van der Waals surface area (Å²) in [7, 11) is 5.64. The predicted octanol–water partition coefficient (Wildman–Crippen LogP) is 4.85. The van der Waals surface area contributed by atoms with Crippen molar-refractivity contribution >= 4 is 35.0 Å². The summed E-state index contributed by atoms with van der Waals surface area (Å²) >= 11 is 12.7. The molecule has 2 amide bonds. The van der Waals surface area contributed by atoms with Crippen molar-refractivity contribution in [2.24, 2.45) is 0 Å². The van der Waals surface area contributed by atoms with E-state index in [1.165, 1.54) is 6.42 Å². The highest BCUT2D eigenvalue weighted by molar-refractivity contribution is 6.42. The SMILES string of the molecule is CN(C)C(=O)C1([N+]2(CCC(CN(C)C(=O)c3ccncc3)c3ccc(Cl)c(Cl)c3)CCCCC2)CCNCC1. The number of nitrogens with zero attached hydrogens (tertiary/aromatic N) is 4. The van der Waals surface area contributed by atoms with Crippen LogP contribution in [0.5, 0.6) is 0 Å². The minimum absolute atomic E-state index is 0.0399. The van der Waals surface area contributed by atoms with Gasteiger partial charge in [0.1, 0.15) is 0 Å². The maximum Gasteiger partial charge on any atom is 0.283 e. The third kappa shape index (κ3) is 6.43. The smallest absolute Gasteiger partial charge is 0.283 e. The number of amides is 2. The molecule has 2 saturated heterocycles. The maximum absolute atomic E-state index is 13.9. The Morgan fingerprint density at radius 2 is 1.67 bits per heavy atom. The molecule has 0 bridgehead atoms. The molecule has 1 unspecified atom stereocenters. The van der Waals surface area contributed by atoms with Crippen molar-refractivity contribution in [2.75, 3.05) is 60.4 Å². The molecule has 9 heteroatoms. The minimum Gasteiger partial charge on any atom is -0.343 e. The van der Waals surface area contributed by atoms with E-state index in [1.807, 2.05) is 39.3 Å². The van der Waals surface area contributed by atoms with Crippen LogP contribution >= 0.6 is 23.2 Å². The van der Waals surface area contributed by atoms with Gasteiger partial charge in [-0.2, -0.15) is 0 Å². The Kier molecular flexibility index (Phi) is 9.92. The van der Waals surface area contributed by atoms with Crippen LogP contribution in [0.2, 0.25) is 10.0 Å². The molecule has 2 aromatic rings. The fourth-order valence-electron chi connectivity index (χ4n) is 6.79. The van der Waals surface area contributed by atoms with Crippen molar-refractivity contribution in [2.45, 2.75) is 50.0 Å². The van der Waals surface area contributed by atoms with Crippen LogP contribution in [-0.2, 0) is 4.79 Å². The maximum atomic E-state index is 13.9. The summed E-state index contributed by atoms with van der Waals surface area (Å²) < 4.78 is 0.825. The van der Waals surface area contributed by atoms with Crippen LogP contribution in [0, 0.1) is 0 Å². The number of rotatable bonds is 9. The van der Waals surface area contributed by atoms with Crippen molar-refractivity contribution in [1.29, 1.82) is 0 Å². The van der Waals surface area contributed by atoms with E-state index in [9.17, 15) is 9.59 Å². The summed E-state index contributed by atoms with van der Waals surface area (Å²) in [5.41, 5.74) is 1.26. The first kappa shape index (κ1) is 29.8. The molecule has 2 aliphatic rings. The molecule has 0 spiro atoms. The summed E-state index contributed by atoms with van der Waals surface area (Å²) in [6, 6.07) is 9.29. The molecule has 2 aliphatic heterocycles. The first-order valence-corrected chi connectivity index (χ1v) is 14.8. The van der Waals surface area contributed by atoms with Gasteiger partial charge in [0.2, 0.25) is 0 Å². The molecule has 0 aliphatic carbocycles. The van der Waals surface area contributed by atoms with E-state index in [1.54, 1.807) is 34.3 Å². The second kappa shape index (κ2) is 13.0. The standard InChI is InChI=1S/C30H42Cl2N5O2/c1-35(2)29(39)30(12-16-34-17-13-30)37(18-5-4-6-19-37)20-11-25(24-7-8-26(31)27(32)21-24)22-36(3)28(38)23-9-14-33-15-10-23/h7-10,14-15,21,25,34H,4-6,11-13,16-20,22H2,1-3H3/q+1. The Hall–Kier alpha value is -2.19. The van der Waals surface area contributed by atoms with Crippen LogP contribution < -0.4 is 5.32 Å². The average molecular weight is 576 g/mol. The molecule has 0 radical (unpaired) electrons. The van der Waals surface area contributed by atoms with Crippen LogP contribution in [0.15, 0.2) is 42.7 Å². The molecule has 2 fully saturated rings. The second-order valence-corrected chi connectivity index (χ2v) is 12.3. The number of carbonyl (C=O) groups is 2. The summed E-state index contributed by atoms with van der Waals surface area (Å²) in [6.45, 7) is 5.16. The van der Waals surface area contributed by atoms with Gasteiger partial charge in [-0.25, -0.2) is 0 Å². The highest BCUT2D eigenvalue weighted by Gasteiger charge is 2.57. The van der Waals surface area contributed by atoms with E-state index < -0.39 is 5.54 Å². The van der Waals surface area contributed by atoms with Crippen LogP contribution in [-0.4, -0.2) is 97.0 Å². The average Bonchev–Trinajstić information content (AvgIpc) is 2.97. The summed E-state index contributed by atoms with van der Waals surface area (Å²) in [5.74, 6) is 0.254. The molecule has 1 atom stereocenters. The number of hydrogen-bond acceptors (Lipinski definition) is 4. The normalized spacial score (nSPS) is 19.2. The van der Waals surface area contributed by atoms with Gasteiger partial charge in [-0.3, -0.25) is 14.6 Å². The number of pyridine rings is 1. The summed E-state index contributed by atoms with van der Waals surface area (Å²) in [5, 5.41) is 4.52. The highest BCUT2D eigenvalue weighted by atomic mass is 35.5. The number of nitrogens with one attached hydrogen (secondary N) is 1. The summed E-state index contributed by atoms with van der Waals surface area (Å²) in [4.78, 5) is 34.8. The van der Waals surface area contributed by atoms with Gasteiger partial charge in [0, 0.05) is 83.9 Å². The number of aromatic nitrogens is 1. The number of piperidine rings is 2. The Morgan fingerprint density at radius 1 is 1.00 bits per heavy atom. The Morgan fingerprint density at radius 3 is 2.28 bits per heavy atom. The molecule has 1 aromatic heterocycles. The van der Waals surface area contributed by atoms with Crippen molar-refractivity contribution < 1.29 is 14.1 Å². The number of halogens is 2. The van der Waals surface area contributed by atoms with Crippen LogP contribution in [0.25, 0.3) is 0 Å². The molecule has 212 valence electrons. The van der Waals surface area contributed by atoms with Gasteiger partial charge >= 0.3 is 0 Å². The quantitative estimate of drug-likeness (QED) is 0.435. The Bertz CT molecular complexity index is 1130. The molecular formula is C30H42Cl2N5O2+. The van der Waals surface area contributed by atoms with Gasteiger partial charge in [-0.1, -0.05) is 29.3 Å². The number of benzene rings is 1. The number of likely N-dealkylation sites (tertiary alicyclic amines) is 1. The fourth-order valence-corrected chi connectivity index (χ4v) is 7.10. The van der Waals surface area contributed by atoms with Crippen LogP contribution in [0.3, 0.4) is 0 Å². The lowest BCUT2D eigenvalue weighted by molar-refractivity contribution is -0.972. The van der Waals surface area contributed by atoms with Crippen molar-refractivity contribution in [3.63, 3.8) is 0 Å². The Balaban J connectivity index is 1.65. The third-order valence-corrected chi connectivity index (χ3v) is 9.64. The largest absolute Gasteiger partial charge is 0.343 e. The number of carbonyl (C=O) groups excluding carboxylic acids is 2. The first-order valence-electron chi connectivity index (χ1n) is 14.1. The highest BCUT2D eigenvalue weighted by Crippen LogP contribution is 2.40. The van der Waals surface area contributed by atoms with E-state index in [2.05, 4.69) is 10.3 Å². The lowest BCUT2D eigenvalue weighted by Gasteiger charge is -2.56. The van der Waals surface area contributed by atoms with E-state index in [0.717, 1.165) is 74.9 Å². The zero-order chi connectivity index (χ0) is 28.0. The fraction of sp³-hybridized carbons (Fsp3) is 0.567. The molecule has 4 rings (SSSR count). The van der Waals surface area contributed by atoms with Gasteiger partial charge < -0.3 is 19.6 Å². The van der Waals surface area contributed by atoms with Gasteiger partial charge in [0.05, 0.1) is 29.7 Å². The minimum atomic E-state index is -0.421. The zero-order valence-corrected chi connectivity index (χ0v) is 25.0. The lowest BCUT2D eigenvalue weighted by Crippen LogP contribution is -2.74. The van der Waals surface area contributed by atoms with Crippen LogP contribution in [0.4, 0.5) is 0 Å². The summed E-state index contributed by atoms with van der Waals surface area (Å²) in [6.07, 6.45) is 9.29. The second-order valence-electron chi connectivity index (χ2n) is 11.4. The monoisotopic (exact) mass is 574 g/mol. The molecule has 1 N–H and O–H groups in total. The van der Waals surface area contributed by atoms with Crippen molar-refractivity contribution in [1.82, 2.24) is 20.1 Å². The molecule has 39 heavy (non-hydrogen) atoms.